The largest absolute Gasteiger partial charge is 0.465 e. The van der Waals surface area contributed by atoms with Crippen LogP contribution in [-0.2, 0) is 14.4 Å². The predicted molar refractivity (Wildman–Crippen MR) is 96.0 cm³/mol. The standard InChI is InChI=1S/C20H29NO3/c1-5-6-7-18-17(12-19(22)23-13-14(2)3)20(21-24-18)16-10-8-15(4)9-11-16/h8-11,14,17-18H,5-7,12-13H2,1-4H3. The second-order valence-electron chi connectivity index (χ2n) is 7.02. The Morgan fingerprint density at radius 2 is 2.00 bits per heavy atom. The summed E-state index contributed by atoms with van der Waals surface area (Å²) in [7, 11) is 0. The Labute approximate surface area is 145 Å². The van der Waals surface area contributed by atoms with Gasteiger partial charge in [-0.15, -0.1) is 0 Å². The van der Waals surface area contributed by atoms with Gasteiger partial charge in [0.15, 0.2) is 0 Å². The lowest BCUT2D eigenvalue weighted by atomic mass is 9.87. The summed E-state index contributed by atoms with van der Waals surface area (Å²) in [6.07, 6.45) is 3.38. The molecule has 0 fully saturated rings. The van der Waals surface area contributed by atoms with Gasteiger partial charge in [-0.25, -0.2) is 0 Å². The van der Waals surface area contributed by atoms with Crippen LogP contribution >= 0.6 is 0 Å². The highest BCUT2D eigenvalue weighted by Crippen LogP contribution is 2.30. The van der Waals surface area contributed by atoms with E-state index in [1.807, 2.05) is 26.0 Å². The summed E-state index contributed by atoms with van der Waals surface area (Å²) in [5.41, 5.74) is 3.10. The lowest BCUT2D eigenvalue weighted by Crippen LogP contribution is -2.28. The van der Waals surface area contributed by atoms with Crippen LogP contribution in [0.4, 0.5) is 0 Å². The smallest absolute Gasteiger partial charge is 0.306 e. The van der Waals surface area contributed by atoms with Crippen LogP contribution in [0.3, 0.4) is 0 Å². The molecule has 132 valence electrons. The Balaban J connectivity index is 2.10. The third-order valence-electron chi connectivity index (χ3n) is 4.24. The van der Waals surface area contributed by atoms with Gasteiger partial charge < -0.3 is 9.57 Å². The van der Waals surface area contributed by atoms with Gasteiger partial charge in [-0.3, -0.25) is 4.79 Å². The molecular formula is C20H29NO3. The topological polar surface area (TPSA) is 47.9 Å². The van der Waals surface area contributed by atoms with Crippen LogP contribution < -0.4 is 0 Å². The van der Waals surface area contributed by atoms with E-state index >= 15 is 0 Å². The van der Waals surface area contributed by atoms with E-state index in [1.54, 1.807) is 0 Å². The molecule has 0 N–H and O–H groups in total. The van der Waals surface area contributed by atoms with Crippen LogP contribution in [-0.4, -0.2) is 24.4 Å². The lowest BCUT2D eigenvalue weighted by Gasteiger charge is -2.18. The van der Waals surface area contributed by atoms with Gasteiger partial charge in [0.25, 0.3) is 0 Å². The van der Waals surface area contributed by atoms with E-state index in [0.29, 0.717) is 18.9 Å². The number of nitrogens with zero attached hydrogens (tertiary/aromatic N) is 1. The summed E-state index contributed by atoms with van der Waals surface area (Å²) in [5.74, 6) is 0.148. The van der Waals surface area contributed by atoms with E-state index in [2.05, 4.69) is 31.1 Å². The van der Waals surface area contributed by atoms with E-state index in [4.69, 9.17) is 9.57 Å². The SMILES string of the molecule is CCCCC1ON=C(c2ccc(C)cc2)C1CC(=O)OCC(C)C. The monoisotopic (exact) mass is 331 g/mol. The number of esters is 1. The van der Waals surface area contributed by atoms with Gasteiger partial charge in [-0.2, -0.15) is 0 Å². The van der Waals surface area contributed by atoms with Gasteiger partial charge in [-0.1, -0.05) is 62.2 Å². The molecule has 2 rings (SSSR count). The molecule has 24 heavy (non-hydrogen) atoms. The molecule has 0 radical (unpaired) electrons. The Morgan fingerprint density at radius 1 is 1.29 bits per heavy atom. The molecule has 0 spiro atoms. The van der Waals surface area contributed by atoms with Crippen LogP contribution in [0.2, 0.25) is 0 Å². The minimum atomic E-state index is -0.166. The van der Waals surface area contributed by atoms with E-state index in [1.165, 1.54) is 5.56 Å². The van der Waals surface area contributed by atoms with Crippen molar-refractivity contribution in [1.29, 1.82) is 0 Å². The summed E-state index contributed by atoms with van der Waals surface area (Å²) in [5, 5.41) is 4.31. The first-order valence-electron chi connectivity index (χ1n) is 8.97. The number of hydrogen-bond acceptors (Lipinski definition) is 4. The van der Waals surface area contributed by atoms with Crippen molar-refractivity contribution in [3.8, 4) is 0 Å². The molecule has 0 saturated heterocycles. The summed E-state index contributed by atoms with van der Waals surface area (Å²) in [4.78, 5) is 17.9. The second-order valence-corrected chi connectivity index (χ2v) is 7.02. The summed E-state index contributed by atoms with van der Waals surface area (Å²) >= 11 is 0. The summed E-state index contributed by atoms with van der Waals surface area (Å²) in [6.45, 7) is 8.75. The van der Waals surface area contributed by atoms with Gasteiger partial charge in [-0.05, 0) is 31.2 Å². The average Bonchev–Trinajstić information content (AvgIpc) is 2.94. The van der Waals surface area contributed by atoms with Gasteiger partial charge >= 0.3 is 5.97 Å². The first-order valence-corrected chi connectivity index (χ1v) is 8.97. The van der Waals surface area contributed by atoms with Crippen molar-refractivity contribution in [3.63, 3.8) is 0 Å². The van der Waals surface area contributed by atoms with E-state index in [0.717, 1.165) is 30.5 Å². The van der Waals surface area contributed by atoms with Crippen molar-refractivity contribution < 1.29 is 14.4 Å². The van der Waals surface area contributed by atoms with Crippen molar-refractivity contribution in [2.45, 2.75) is 59.5 Å². The molecule has 1 aliphatic heterocycles. The van der Waals surface area contributed by atoms with Crippen LogP contribution in [0, 0.1) is 18.8 Å². The van der Waals surface area contributed by atoms with Crippen molar-refractivity contribution in [3.05, 3.63) is 35.4 Å². The third kappa shape index (κ3) is 5.08. The first-order chi connectivity index (χ1) is 11.5. The zero-order valence-electron chi connectivity index (χ0n) is 15.2. The van der Waals surface area contributed by atoms with Crippen molar-refractivity contribution in [2.75, 3.05) is 6.61 Å². The maximum Gasteiger partial charge on any atom is 0.306 e. The molecule has 2 unspecified atom stereocenters. The predicted octanol–water partition coefficient (Wildman–Crippen LogP) is 4.49. The molecule has 1 heterocycles. The molecule has 0 amide bonds. The lowest BCUT2D eigenvalue weighted by molar-refractivity contribution is -0.146. The zero-order chi connectivity index (χ0) is 17.5. The normalized spacial score (nSPS) is 20.0. The molecule has 4 heteroatoms. The van der Waals surface area contributed by atoms with Crippen LogP contribution in [0.25, 0.3) is 0 Å². The molecule has 1 aromatic carbocycles. The minimum absolute atomic E-state index is 0.0288. The zero-order valence-corrected chi connectivity index (χ0v) is 15.2. The maximum atomic E-state index is 12.2. The highest BCUT2D eigenvalue weighted by molar-refractivity contribution is 6.04. The molecule has 0 aromatic heterocycles. The van der Waals surface area contributed by atoms with Crippen LogP contribution in [0.1, 0.15) is 57.6 Å². The van der Waals surface area contributed by atoms with E-state index < -0.39 is 0 Å². The third-order valence-corrected chi connectivity index (χ3v) is 4.24. The molecule has 0 saturated carbocycles. The Hall–Kier alpha value is -1.84. The van der Waals surface area contributed by atoms with E-state index in [-0.39, 0.29) is 18.0 Å². The molecule has 2 atom stereocenters. The number of ether oxygens (including phenoxy) is 1. The second kappa shape index (κ2) is 8.86. The number of benzene rings is 1. The molecular weight excluding hydrogens is 302 g/mol. The molecule has 0 aliphatic carbocycles. The van der Waals surface area contributed by atoms with E-state index in [9.17, 15) is 4.79 Å². The molecule has 4 nitrogen and oxygen atoms in total. The number of unbranched alkanes of at least 4 members (excludes halogenated alkanes) is 1. The summed E-state index contributed by atoms with van der Waals surface area (Å²) in [6, 6.07) is 8.22. The van der Waals surface area contributed by atoms with Crippen molar-refractivity contribution in [2.24, 2.45) is 17.0 Å². The fourth-order valence-electron chi connectivity index (χ4n) is 2.82. The molecule has 1 aliphatic rings. The number of rotatable bonds is 8. The van der Waals surface area contributed by atoms with Gasteiger partial charge in [0.05, 0.1) is 24.7 Å². The number of hydrogen-bond donors (Lipinski definition) is 0. The Kier molecular flexibility index (Phi) is 6.83. The number of carbonyl (C=O) groups is 1. The number of carbonyl (C=O) groups excluding carboxylic acids is 1. The fraction of sp³-hybridized carbons (Fsp3) is 0.600. The minimum Gasteiger partial charge on any atom is -0.465 e. The van der Waals surface area contributed by atoms with Crippen LogP contribution in [0.15, 0.2) is 29.4 Å². The number of aryl methyl sites for hydroxylation is 1. The van der Waals surface area contributed by atoms with Gasteiger partial charge in [0.1, 0.15) is 6.10 Å². The van der Waals surface area contributed by atoms with Crippen molar-refractivity contribution in [1.82, 2.24) is 0 Å². The van der Waals surface area contributed by atoms with Gasteiger partial charge in [0, 0.05) is 0 Å². The Bertz CT molecular complexity index is 563. The highest BCUT2D eigenvalue weighted by Gasteiger charge is 2.36. The first kappa shape index (κ1) is 18.5. The summed E-state index contributed by atoms with van der Waals surface area (Å²) < 4.78 is 5.37. The Morgan fingerprint density at radius 3 is 2.62 bits per heavy atom. The molecule has 0 bridgehead atoms. The quantitative estimate of drug-likeness (QED) is 0.659. The van der Waals surface area contributed by atoms with Gasteiger partial charge in [0.2, 0.25) is 0 Å². The maximum absolute atomic E-state index is 12.2. The molecule has 1 aromatic rings. The highest BCUT2D eigenvalue weighted by atomic mass is 16.6. The average molecular weight is 331 g/mol. The number of oxime groups is 1. The van der Waals surface area contributed by atoms with Crippen molar-refractivity contribution >= 4 is 11.7 Å². The fourth-order valence-corrected chi connectivity index (χ4v) is 2.82. The van der Waals surface area contributed by atoms with Crippen LogP contribution in [0.5, 0.6) is 0 Å².